The zero-order valence-corrected chi connectivity index (χ0v) is 18.5. The van der Waals surface area contributed by atoms with Gasteiger partial charge in [0, 0.05) is 54.1 Å². The maximum atomic E-state index is 12.1. The van der Waals surface area contributed by atoms with E-state index in [9.17, 15) is 10.1 Å². The Kier molecular flexibility index (Phi) is 5.23. The van der Waals surface area contributed by atoms with Crippen LogP contribution in [0.4, 0.5) is 0 Å². The van der Waals surface area contributed by atoms with Crippen LogP contribution in [0.5, 0.6) is 0 Å². The summed E-state index contributed by atoms with van der Waals surface area (Å²) in [5.74, 6) is 0.145. The summed E-state index contributed by atoms with van der Waals surface area (Å²) in [6.45, 7) is 0.737. The molecular weight excluding hydrogens is 422 g/mol. The van der Waals surface area contributed by atoms with Crippen molar-refractivity contribution in [3.8, 4) is 17.2 Å². The topological polar surface area (TPSA) is 105 Å². The maximum absolute atomic E-state index is 12.1. The fraction of sp³-hybridized carbons (Fsp3) is 0.304. The van der Waals surface area contributed by atoms with E-state index in [4.69, 9.17) is 5.73 Å². The summed E-state index contributed by atoms with van der Waals surface area (Å²) in [6, 6.07) is 4.39. The summed E-state index contributed by atoms with van der Waals surface area (Å²) in [4.78, 5) is 14.8. The Hall–Kier alpha value is -3.51. The molecule has 2 N–H and O–H groups in total. The van der Waals surface area contributed by atoms with Gasteiger partial charge in [0.15, 0.2) is 0 Å². The normalized spacial score (nSPS) is 21.1. The van der Waals surface area contributed by atoms with Crippen LogP contribution in [0.2, 0.25) is 0 Å². The lowest BCUT2D eigenvalue weighted by Crippen LogP contribution is -2.36. The first-order chi connectivity index (χ1) is 15.5. The number of carbonyl (C=O) groups excluding carboxylic acids is 1. The molecule has 3 aromatic rings. The number of pyridine rings is 1. The standard InChI is InChI=1S/C23H23N7OS/c1-28-7-6-18(9-22(28)31)29-14-17(12-26-29)15-8-21(32-20-5-3-2-4-19(20)25)23-16(10-24)11-27-30(23)13-15/h2-4,8,11-14,18,20H,5-7,9,25H2,1H3. The quantitative estimate of drug-likeness (QED) is 0.661. The molecule has 9 heteroatoms. The Morgan fingerprint density at radius 1 is 1.25 bits per heavy atom. The average molecular weight is 446 g/mol. The van der Waals surface area contributed by atoms with Gasteiger partial charge in [0.2, 0.25) is 5.91 Å². The number of thioether (sulfide) groups is 1. The summed E-state index contributed by atoms with van der Waals surface area (Å²) in [5, 5.41) is 18.6. The number of aromatic nitrogens is 4. The Labute approximate surface area is 190 Å². The Balaban J connectivity index is 1.51. The number of fused-ring (bicyclic) bond motifs is 1. The number of nitrogens with two attached hydrogens (primary N) is 1. The van der Waals surface area contributed by atoms with Crippen molar-refractivity contribution in [3.05, 3.63) is 60.3 Å². The molecule has 1 aliphatic carbocycles. The first-order valence-electron chi connectivity index (χ1n) is 10.5. The van der Waals surface area contributed by atoms with Crippen LogP contribution in [0.1, 0.15) is 30.9 Å². The van der Waals surface area contributed by atoms with Crippen molar-refractivity contribution in [2.24, 2.45) is 5.73 Å². The molecule has 0 radical (unpaired) electrons. The molecule has 1 amide bonds. The van der Waals surface area contributed by atoms with Crippen LogP contribution in [-0.4, -0.2) is 49.0 Å². The molecule has 0 bridgehead atoms. The predicted molar refractivity (Wildman–Crippen MR) is 123 cm³/mol. The van der Waals surface area contributed by atoms with Crippen LogP contribution < -0.4 is 5.73 Å². The van der Waals surface area contributed by atoms with E-state index in [0.717, 1.165) is 46.6 Å². The van der Waals surface area contributed by atoms with Crippen molar-refractivity contribution in [2.45, 2.75) is 35.4 Å². The van der Waals surface area contributed by atoms with Crippen LogP contribution >= 0.6 is 11.8 Å². The largest absolute Gasteiger partial charge is 0.401 e. The summed E-state index contributed by atoms with van der Waals surface area (Å²) >= 11 is 1.65. The van der Waals surface area contributed by atoms with E-state index < -0.39 is 0 Å². The number of likely N-dealkylation sites (tertiary alicyclic amines) is 1. The van der Waals surface area contributed by atoms with Gasteiger partial charge in [-0.15, -0.1) is 11.8 Å². The van der Waals surface area contributed by atoms with Crippen LogP contribution in [0, 0.1) is 11.3 Å². The van der Waals surface area contributed by atoms with Crippen molar-refractivity contribution >= 4 is 23.2 Å². The van der Waals surface area contributed by atoms with Gasteiger partial charge in [-0.05, 0) is 25.0 Å². The summed E-state index contributed by atoms with van der Waals surface area (Å²) in [7, 11) is 1.84. The van der Waals surface area contributed by atoms with Crippen molar-refractivity contribution in [2.75, 3.05) is 13.6 Å². The second-order valence-electron chi connectivity index (χ2n) is 8.16. The molecule has 0 aromatic carbocycles. The molecule has 1 fully saturated rings. The van der Waals surface area contributed by atoms with E-state index in [1.807, 2.05) is 42.5 Å². The molecule has 1 aliphatic heterocycles. The van der Waals surface area contributed by atoms with E-state index in [1.165, 1.54) is 0 Å². The van der Waals surface area contributed by atoms with Crippen LogP contribution in [0.15, 0.2) is 59.7 Å². The predicted octanol–water partition coefficient (Wildman–Crippen LogP) is 3.13. The van der Waals surface area contributed by atoms with Crippen molar-refractivity contribution < 1.29 is 4.79 Å². The lowest BCUT2D eigenvalue weighted by Gasteiger charge is -2.28. The van der Waals surface area contributed by atoms with E-state index in [-0.39, 0.29) is 17.2 Å². The maximum Gasteiger partial charge on any atom is 0.224 e. The lowest BCUT2D eigenvalue weighted by molar-refractivity contribution is -0.133. The molecule has 2 unspecified atom stereocenters. The van der Waals surface area contributed by atoms with E-state index in [1.54, 1.807) is 27.4 Å². The van der Waals surface area contributed by atoms with E-state index >= 15 is 0 Å². The molecule has 3 aromatic heterocycles. The number of nitriles is 1. The highest BCUT2D eigenvalue weighted by Crippen LogP contribution is 2.37. The van der Waals surface area contributed by atoms with Crippen molar-refractivity contribution in [1.29, 1.82) is 5.26 Å². The van der Waals surface area contributed by atoms with Gasteiger partial charge in [-0.25, -0.2) is 4.52 Å². The smallest absolute Gasteiger partial charge is 0.224 e. The van der Waals surface area contributed by atoms with Gasteiger partial charge >= 0.3 is 0 Å². The summed E-state index contributed by atoms with van der Waals surface area (Å²) < 4.78 is 3.65. The molecular formula is C23H23N7OS. The van der Waals surface area contributed by atoms with Crippen molar-refractivity contribution in [1.82, 2.24) is 24.3 Å². The number of hydrogen-bond donors (Lipinski definition) is 1. The zero-order valence-electron chi connectivity index (χ0n) is 17.7. The molecule has 162 valence electrons. The van der Waals surface area contributed by atoms with Gasteiger partial charge in [0.25, 0.3) is 0 Å². The van der Waals surface area contributed by atoms with Crippen LogP contribution in [0.3, 0.4) is 0 Å². The van der Waals surface area contributed by atoms with Crippen molar-refractivity contribution in [3.63, 3.8) is 0 Å². The highest BCUT2D eigenvalue weighted by molar-refractivity contribution is 8.00. The SMILES string of the molecule is CN1CCC(n2cc(-c3cc(SC4CC=CC=C4N)c4c(C#N)cnn4c3)cn2)CC1=O. The Morgan fingerprint density at radius 2 is 2.12 bits per heavy atom. The molecule has 32 heavy (non-hydrogen) atoms. The number of carbonyl (C=O) groups is 1. The third-order valence-electron chi connectivity index (χ3n) is 6.06. The zero-order chi connectivity index (χ0) is 22.2. The molecule has 5 rings (SSSR count). The van der Waals surface area contributed by atoms with Gasteiger partial charge in [-0.1, -0.05) is 12.2 Å². The van der Waals surface area contributed by atoms with E-state index in [0.29, 0.717) is 12.0 Å². The second-order valence-corrected chi connectivity index (χ2v) is 9.41. The van der Waals surface area contributed by atoms with Gasteiger partial charge in [0.05, 0.1) is 34.8 Å². The molecule has 0 saturated carbocycles. The van der Waals surface area contributed by atoms with Gasteiger partial charge in [0.1, 0.15) is 6.07 Å². The minimum Gasteiger partial charge on any atom is -0.401 e. The monoisotopic (exact) mass is 445 g/mol. The molecule has 2 aliphatic rings. The minimum absolute atomic E-state index is 0.0684. The summed E-state index contributed by atoms with van der Waals surface area (Å²) in [6.07, 6.45) is 15.5. The first-order valence-corrected chi connectivity index (χ1v) is 11.4. The van der Waals surface area contributed by atoms with Crippen LogP contribution in [-0.2, 0) is 4.79 Å². The molecule has 4 heterocycles. The van der Waals surface area contributed by atoms with Crippen LogP contribution in [0.25, 0.3) is 16.6 Å². The number of rotatable bonds is 4. The number of hydrogen-bond acceptors (Lipinski definition) is 6. The fourth-order valence-electron chi connectivity index (χ4n) is 4.15. The molecule has 0 spiro atoms. The molecule has 8 nitrogen and oxygen atoms in total. The van der Waals surface area contributed by atoms with Gasteiger partial charge in [-0.3, -0.25) is 9.48 Å². The molecule has 1 saturated heterocycles. The number of amides is 1. The third kappa shape index (κ3) is 3.67. The van der Waals surface area contributed by atoms with E-state index in [2.05, 4.69) is 28.4 Å². The Morgan fingerprint density at radius 3 is 2.91 bits per heavy atom. The fourth-order valence-corrected chi connectivity index (χ4v) is 5.39. The second kappa shape index (κ2) is 8.20. The third-order valence-corrected chi connectivity index (χ3v) is 7.37. The lowest BCUT2D eigenvalue weighted by atomic mass is 10.1. The number of nitrogens with zero attached hydrogens (tertiary/aromatic N) is 6. The summed E-state index contributed by atoms with van der Waals surface area (Å²) in [5.41, 5.74) is 10.3. The average Bonchev–Trinajstić information content (AvgIpc) is 3.44. The minimum atomic E-state index is 0.0684. The highest BCUT2D eigenvalue weighted by atomic mass is 32.2. The van der Waals surface area contributed by atoms with Gasteiger partial charge < -0.3 is 10.6 Å². The van der Waals surface area contributed by atoms with Gasteiger partial charge in [-0.2, -0.15) is 15.5 Å². The first kappa shape index (κ1) is 20.4. The number of allylic oxidation sites excluding steroid dienone is 3. The molecule has 2 atom stereocenters. The Bertz CT molecular complexity index is 1300. The number of piperidine rings is 1. The highest BCUT2D eigenvalue weighted by Gasteiger charge is 2.25.